The number of rotatable bonds is 4. The lowest BCUT2D eigenvalue weighted by Gasteiger charge is -2.19. The van der Waals surface area contributed by atoms with Crippen molar-refractivity contribution in [1.29, 1.82) is 0 Å². The summed E-state index contributed by atoms with van der Waals surface area (Å²) in [6, 6.07) is 5.13. The zero-order valence-corrected chi connectivity index (χ0v) is 12.5. The Morgan fingerprint density at radius 2 is 1.95 bits per heavy atom. The van der Waals surface area contributed by atoms with E-state index in [-0.39, 0.29) is 5.91 Å². The molecule has 1 saturated heterocycles. The molecule has 110 valence electrons. The molecule has 4 nitrogen and oxygen atoms in total. The average Bonchev–Trinajstić information content (AvgIpc) is 2.70. The summed E-state index contributed by atoms with van der Waals surface area (Å²) < 4.78 is 0. The molecule has 0 atom stereocenters. The van der Waals surface area contributed by atoms with E-state index >= 15 is 0 Å². The number of nitrogens with one attached hydrogen (secondary N) is 1. The third-order valence-electron chi connectivity index (χ3n) is 3.69. The normalized spacial score (nSPS) is 16.6. The van der Waals surface area contributed by atoms with Gasteiger partial charge in [0.05, 0.1) is 16.3 Å². The Bertz CT molecular complexity index is 456. The van der Waals surface area contributed by atoms with Gasteiger partial charge in [0.15, 0.2) is 0 Å². The highest BCUT2D eigenvalue weighted by Crippen LogP contribution is 2.22. The second-order valence-corrected chi connectivity index (χ2v) is 5.60. The predicted molar refractivity (Wildman–Crippen MR) is 83.1 cm³/mol. The van der Waals surface area contributed by atoms with Crippen LogP contribution in [-0.4, -0.2) is 37.0 Å². The fourth-order valence-electron chi connectivity index (χ4n) is 2.51. The van der Waals surface area contributed by atoms with E-state index in [2.05, 4.69) is 10.2 Å². The number of hydrogen-bond donors (Lipinski definition) is 2. The Balaban J connectivity index is 1.81. The average molecular weight is 296 g/mol. The predicted octanol–water partition coefficient (Wildman–Crippen LogP) is 2.53. The molecule has 0 radical (unpaired) electrons. The zero-order chi connectivity index (χ0) is 14.4. The molecular weight excluding hydrogens is 274 g/mol. The summed E-state index contributed by atoms with van der Waals surface area (Å²) in [6.45, 7) is 3.81. The first-order chi connectivity index (χ1) is 9.68. The van der Waals surface area contributed by atoms with Gasteiger partial charge in [-0.2, -0.15) is 0 Å². The SMILES string of the molecule is Nc1cccc(C(=O)NCCN2CCCCCC2)c1Cl. The minimum absolute atomic E-state index is 0.155. The molecule has 1 fully saturated rings. The van der Waals surface area contributed by atoms with Gasteiger partial charge in [-0.25, -0.2) is 0 Å². The molecule has 1 aromatic rings. The van der Waals surface area contributed by atoms with Crippen LogP contribution < -0.4 is 11.1 Å². The first-order valence-corrected chi connectivity index (χ1v) is 7.61. The number of nitrogens with zero attached hydrogens (tertiary/aromatic N) is 1. The van der Waals surface area contributed by atoms with E-state index in [4.69, 9.17) is 17.3 Å². The molecule has 1 aliphatic rings. The van der Waals surface area contributed by atoms with Crippen LogP contribution in [0.4, 0.5) is 5.69 Å². The second kappa shape index (κ2) is 7.50. The van der Waals surface area contributed by atoms with Crippen LogP contribution in [0.1, 0.15) is 36.0 Å². The third-order valence-corrected chi connectivity index (χ3v) is 4.11. The van der Waals surface area contributed by atoms with Gasteiger partial charge >= 0.3 is 0 Å². The highest BCUT2D eigenvalue weighted by atomic mass is 35.5. The van der Waals surface area contributed by atoms with Crippen LogP contribution in [0.2, 0.25) is 5.02 Å². The summed E-state index contributed by atoms with van der Waals surface area (Å²) in [5, 5.41) is 3.25. The Hall–Kier alpha value is -1.26. The maximum Gasteiger partial charge on any atom is 0.252 e. The molecule has 1 aromatic carbocycles. The number of benzene rings is 1. The maximum atomic E-state index is 12.1. The third kappa shape index (κ3) is 4.12. The van der Waals surface area contributed by atoms with Crippen molar-refractivity contribution < 1.29 is 4.79 Å². The van der Waals surface area contributed by atoms with E-state index in [1.54, 1.807) is 18.2 Å². The van der Waals surface area contributed by atoms with Crippen LogP contribution in [0.15, 0.2) is 18.2 Å². The van der Waals surface area contributed by atoms with E-state index < -0.39 is 0 Å². The number of carbonyl (C=O) groups excluding carboxylic acids is 1. The molecule has 5 heteroatoms. The fourth-order valence-corrected chi connectivity index (χ4v) is 2.72. The van der Waals surface area contributed by atoms with Gasteiger partial charge < -0.3 is 16.0 Å². The smallest absolute Gasteiger partial charge is 0.252 e. The maximum absolute atomic E-state index is 12.1. The summed E-state index contributed by atoms with van der Waals surface area (Å²) in [5.41, 5.74) is 6.58. The molecule has 0 saturated carbocycles. The van der Waals surface area contributed by atoms with Gasteiger partial charge in [-0.15, -0.1) is 0 Å². The molecule has 1 amide bonds. The number of carbonyl (C=O) groups is 1. The van der Waals surface area contributed by atoms with Crippen LogP contribution in [0, 0.1) is 0 Å². The molecule has 1 aliphatic heterocycles. The van der Waals surface area contributed by atoms with Gasteiger partial charge in [-0.3, -0.25) is 4.79 Å². The van der Waals surface area contributed by atoms with Crippen LogP contribution in [0.5, 0.6) is 0 Å². The molecule has 0 unspecified atom stereocenters. The standard InChI is InChI=1S/C15H22ClN3O/c16-14-12(6-5-7-13(14)17)15(20)18-8-11-19-9-3-1-2-4-10-19/h5-7H,1-4,8-11,17H2,(H,18,20). The number of amides is 1. The van der Waals surface area contributed by atoms with Crippen molar-refractivity contribution >= 4 is 23.2 Å². The van der Waals surface area contributed by atoms with Crippen molar-refractivity contribution in [3.63, 3.8) is 0 Å². The molecule has 3 N–H and O–H groups in total. The molecule has 0 spiro atoms. The Kier molecular flexibility index (Phi) is 5.68. The first-order valence-electron chi connectivity index (χ1n) is 7.23. The molecule has 0 aromatic heterocycles. The van der Waals surface area contributed by atoms with Crippen molar-refractivity contribution in [3.8, 4) is 0 Å². The Morgan fingerprint density at radius 1 is 1.25 bits per heavy atom. The van der Waals surface area contributed by atoms with Crippen molar-refractivity contribution in [1.82, 2.24) is 10.2 Å². The van der Waals surface area contributed by atoms with Crippen molar-refractivity contribution in [2.45, 2.75) is 25.7 Å². The highest BCUT2D eigenvalue weighted by molar-refractivity contribution is 6.36. The first kappa shape index (κ1) is 15.1. The number of halogens is 1. The minimum atomic E-state index is -0.155. The Labute approximate surface area is 125 Å². The summed E-state index contributed by atoms with van der Waals surface area (Å²) in [7, 11) is 0. The topological polar surface area (TPSA) is 58.4 Å². The molecule has 2 rings (SSSR count). The van der Waals surface area contributed by atoms with E-state index in [1.165, 1.54) is 25.7 Å². The van der Waals surface area contributed by atoms with Gasteiger partial charge in [-0.1, -0.05) is 30.5 Å². The van der Waals surface area contributed by atoms with Crippen LogP contribution in [0.3, 0.4) is 0 Å². The summed E-state index contributed by atoms with van der Waals surface area (Å²) >= 11 is 6.04. The largest absolute Gasteiger partial charge is 0.398 e. The number of nitrogens with two attached hydrogens (primary N) is 1. The zero-order valence-electron chi connectivity index (χ0n) is 11.7. The summed E-state index contributed by atoms with van der Waals surface area (Å²) in [4.78, 5) is 14.5. The van der Waals surface area contributed by atoms with E-state index in [1.807, 2.05) is 0 Å². The van der Waals surface area contributed by atoms with Gasteiger partial charge in [0, 0.05) is 13.1 Å². The second-order valence-electron chi connectivity index (χ2n) is 5.22. The number of hydrogen-bond acceptors (Lipinski definition) is 3. The Morgan fingerprint density at radius 3 is 2.65 bits per heavy atom. The molecule has 0 aliphatic carbocycles. The summed E-state index contributed by atoms with van der Waals surface area (Å²) in [6.07, 6.45) is 5.16. The number of anilines is 1. The molecular formula is C15H22ClN3O. The number of nitrogen functional groups attached to an aromatic ring is 1. The summed E-state index contributed by atoms with van der Waals surface area (Å²) in [5.74, 6) is -0.155. The van der Waals surface area contributed by atoms with Crippen LogP contribution >= 0.6 is 11.6 Å². The van der Waals surface area contributed by atoms with E-state index in [0.717, 1.165) is 19.6 Å². The minimum Gasteiger partial charge on any atom is -0.398 e. The van der Waals surface area contributed by atoms with E-state index in [0.29, 0.717) is 22.8 Å². The van der Waals surface area contributed by atoms with Gasteiger partial charge in [0.25, 0.3) is 5.91 Å². The van der Waals surface area contributed by atoms with Gasteiger partial charge in [-0.05, 0) is 38.1 Å². The van der Waals surface area contributed by atoms with Crippen molar-refractivity contribution in [2.24, 2.45) is 0 Å². The molecule has 0 bridgehead atoms. The van der Waals surface area contributed by atoms with Crippen LogP contribution in [0.25, 0.3) is 0 Å². The molecule has 1 heterocycles. The lowest BCUT2D eigenvalue weighted by atomic mass is 10.2. The molecule has 20 heavy (non-hydrogen) atoms. The lowest BCUT2D eigenvalue weighted by molar-refractivity contribution is 0.0948. The van der Waals surface area contributed by atoms with Gasteiger partial charge in [0.2, 0.25) is 0 Å². The van der Waals surface area contributed by atoms with Gasteiger partial charge in [0.1, 0.15) is 0 Å². The highest BCUT2D eigenvalue weighted by Gasteiger charge is 2.13. The quantitative estimate of drug-likeness (QED) is 0.839. The van der Waals surface area contributed by atoms with Crippen molar-refractivity contribution in [3.05, 3.63) is 28.8 Å². The number of likely N-dealkylation sites (tertiary alicyclic amines) is 1. The van der Waals surface area contributed by atoms with E-state index in [9.17, 15) is 4.79 Å². The van der Waals surface area contributed by atoms with Crippen LogP contribution in [-0.2, 0) is 0 Å². The monoisotopic (exact) mass is 295 g/mol. The van der Waals surface area contributed by atoms with Crippen molar-refractivity contribution in [2.75, 3.05) is 31.9 Å². The lowest BCUT2D eigenvalue weighted by Crippen LogP contribution is -2.35. The fraction of sp³-hybridized carbons (Fsp3) is 0.533.